The number of rotatable bonds is 10. The molecule has 21 heavy (non-hydrogen) atoms. The molecule has 0 saturated heterocycles. The van der Waals surface area contributed by atoms with Crippen molar-refractivity contribution in [2.75, 3.05) is 39.0 Å². The molecule has 0 amide bonds. The molecule has 0 rings (SSSR count). The van der Waals surface area contributed by atoms with Crippen LogP contribution < -0.4 is 15.4 Å². The Bertz CT molecular complexity index is 408. The van der Waals surface area contributed by atoms with E-state index in [0.29, 0.717) is 32.0 Å². The van der Waals surface area contributed by atoms with Crippen molar-refractivity contribution in [3.8, 4) is 0 Å². The minimum Gasteiger partial charge on any atom is -0.377 e. The Morgan fingerprint density at radius 1 is 1.19 bits per heavy atom. The van der Waals surface area contributed by atoms with E-state index >= 15 is 0 Å². The fraction of sp³-hybridized carbons (Fsp3) is 0.923. The second-order valence-electron chi connectivity index (χ2n) is 5.24. The van der Waals surface area contributed by atoms with E-state index in [1.807, 2.05) is 20.8 Å². The van der Waals surface area contributed by atoms with Crippen LogP contribution in [0.4, 0.5) is 0 Å². The fourth-order valence-electron chi connectivity index (χ4n) is 1.30. The molecule has 0 fully saturated rings. The maximum Gasteiger partial charge on any atom is 0.211 e. The van der Waals surface area contributed by atoms with Crippen LogP contribution in [0.2, 0.25) is 0 Å². The molecule has 0 saturated carbocycles. The van der Waals surface area contributed by atoms with Crippen LogP contribution in [-0.4, -0.2) is 59.0 Å². The van der Waals surface area contributed by atoms with E-state index in [9.17, 15) is 8.42 Å². The quantitative estimate of drug-likeness (QED) is 0.306. The molecule has 0 aromatic carbocycles. The summed E-state index contributed by atoms with van der Waals surface area (Å²) in [4.78, 5) is 4.45. The van der Waals surface area contributed by atoms with E-state index in [1.165, 1.54) is 0 Å². The van der Waals surface area contributed by atoms with Crippen LogP contribution in [0.5, 0.6) is 0 Å². The molecule has 8 heteroatoms. The number of nitrogens with zero attached hydrogens (tertiary/aromatic N) is 1. The second kappa shape index (κ2) is 9.97. The van der Waals surface area contributed by atoms with Crippen molar-refractivity contribution < 1.29 is 13.2 Å². The molecule has 0 unspecified atom stereocenters. The molecule has 0 radical (unpaired) electrons. The maximum atomic E-state index is 11.3. The summed E-state index contributed by atoms with van der Waals surface area (Å²) in [6, 6.07) is 0. The standard InChI is InChI=1S/C13H30N4O3S/c1-6-14-12(16-11-13(3,4)20-5)15-9-8-10-17-21(18,19)7-2/h17H,6-11H2,1-5H3,(H2,14,15,16). The monoisotopic (exact) mass is 322 g/mol. The predicted molar refractivity (Wildman–Crippen MR) is 87.1 cm³/mol. The van der Waals surface area contributed by atoms with Crippen molar-refractivity contribution in [2.45, 2.75) is 39.7 Å². The Balaban J connectivity index is 4.13. The lowest BCUT2D eigenvalue weighted by molar-refractivity contribution is 0.0310. The van der Waals surface area contributed by atoms with E-state index in [-0.39, 0.29) is 11.4 Å². The van der Waals surface area contributed by atoms with E-state index < -0.39 is 10.0 Å². The molecule has 126 valence electrons. The van der Waals surface area contributed by atoms with Gasteiger partial charge in [-0.15, -0.1) is 0 Å². The average Bonchev–Trinajstić information content (AvgIpc) is 2.44. The van der Waals surface area contributed by atoms with Crippen LogP contribution >= 0.6 is 0 Å². The Labute approximate surface area is 129 Å². The first kappa shape index (κ1) is 20.1. The highest BCUT2D eigenvalue weighted by Gasteiger charge is 2.15. The summed E-state index contributed by atoms with van der Waals surface area (Å²) in [7, 11) is -1.44. The van der Waals surface area contributed by atoms with Crippen molar-refractivity contribution in [1.29, 1.82) is 0 Å². The molecule has 0 bridgehead atoms. The number of aliphatic imine (C=N–C) groups is 1. The van der Waals surface area contributed by atoms with Crippen molar-refractivity contribution in [2.24, 2.45) is 4.99 Å². The predicted octanol–water partition coefficient (Wildman–Crippen LogP) is 0.296. The highest BCUT2D eigenvalue weighted by Crippen LogP contribution is 2.06. The zero-order chi connectivity index (χ0) is 16.4. The topological polar surface area (TPSA) is 91.8 Å². The van der Waals surface area contributed by atoms with Crippen LogP contribution in [0.3, 0.4) is 0 Å². The average molecular weight is 322 g/mol. The molecule has 3 N–H and O–H groups in total. The molecule has 0 atom stereocenters. The number of hydrogen-bond acceptors (Lipinski definition) is 4. The van der Waals surface area contributed by atoms with Crippen LogP contribution in [-0.2, 0) is 14.8 Å². The van der Waals surface area contributed by atoms with Gasteiger partial charge in [0, 0.05) is 26.7 Å². The minimum atomic E-state index is -3.10. The van der Waals surface area contributed by atoms with Crippen LogP contribution in [0.25, 0.3) is 0 Å². The molecular formula is C13H30N4O3S. The number of ether oxygens (including phenoxy) is 1. The molecule has 0 spiro atoms. The normalized spacial score (nSPS) is 13.3. The van der Waals surface area contributed by atoms with Crippen molar-refractivity contribution >= 4 is 16.0 Å². The zero-order valence-electron chi connectivity index (χ0n) is 13.8. The summed E-state index contributed by atoms with van der Waals surface area (Å²) in [6.07, 6.45) is 0.692. The van der Waals surface area contributed by atoms with Gasteiger partial charge in [0.2, 0.25) is 10.0 Å². The Hall–Kier alpha value is -0.860. The third-order valence-corrected chi connectivity index (χ3v) is 4.27. The third kappa shape index (κ3) is 10.5. The first-order chi connectivity index (χ1) is 9.76. The summed E-state index contributed by atoms with van der Waals surface area (Å²) in [5.41, 5.74) is -0.306. The number of methoxy groups -OCH3 is 1. The maximum absolute atomic E-state index is 11.3. The number of guanidine groups is 1. The molecule has 0 aromatic heterocycles. The first-order valence-corrected chi connectivity index (χ1v) is 8.96. The summed E-state index contributed by atoms with van der Waals surface area (Å²) in [5, 5.41) is 6.31. The molecule has 0 heterocycles. The minimum absolute atomic E-state index is 0.108. The molecule has 0 aliphatic heterocycles. The number of hydrogen-bond donors (Lipinski definition) is 3. The summed E-state index contributed by atoms with van der Waals surface area (Å²) >= 11 is 0. The van der Waals surface area contributed by atoms with Gasteiger partial charge in [-0.3, -0.25) is 4.99 Å². The van der Waals surface area contributed by atoms with Gasteiger partial charge < -0.3 is 15.4 Å². The van der Waals surface area contributed by atoms with Crippen molar-refractivity contribution in [3.05, 3.63) is 0 Å². The van der Waals surface area contributed by atoms with Gasteiger partial charge in [0.25, 0.3) is 0 Å². The molecule has 0 aromatic rings. The lowest BCUT2D eigenvalue weighted by atomic mass is 10.1. The molecule has 0 aliphatic rings. The van der Waals surface area contributed by atoms with Gasteiger partial charge in [-0.1, -0.05) is 0 Å². The third-order valence-electron chi connectivity index (χ3n) is 2.86. The van der Waals surface area contributed by atoms with E-state index in [0.717, 1.165) is 6.54 Å². The number of sulfonamides is 1. The van der Waals surface area contributed by atoms with Gasteiger partial charge in [0.1, 0.15) is 0 Å². The SMILES string of the molecule is CCNC(=NCC(C)(C)OC)NCCCNS(=O)(=O)CC. The van der Waals surface area contributed by atoms with Crippen LogP contribution in [0.1, 0.15) is 34.1 Å². The Kier molecular flexibility index (Phi) is 9.56. The Morgan fingerprint density at radius 2 is 1.86 bits per heavy atom. The van der Waals surface area contributed by atoms with Gasteiger partial charge in [0.05, 0.1) is 17.9 Å². The lowest BCUT2D eigenvalue weighted by Gasteiger charge is -2.21. The van der Waals surface area contributed by atoms with E-state index in [2.05, 4.69) is 20.3 Å². The lowest BCUT2D eigenvalue weighted by Crippen LogP contribution is -2.40. The summed E-state index contributed by atoms with van der Waals surface area (Å²) in [6.45, 7) is 9.93. The van der Waals surface area contributed by atoms with Crippen LogP contribution in [0.15, 0.2) is 4.99 Å². The molecule has 0 aliphatic carbocycles. The van der Waals surface area contributed by atoms with Gasteiger partial charge in [-0.25, -0.2) is 13.1 Å². The summed E-state index contributed by atoms with van der Waals surface area (Å²) in [5.74, 6) is 0.817. The van der Waals surface area contributed by atoms with Gasteiger partial charge >= 0.3 is 0 Å². The van der Waals surface area contributed by atoms with E-state index in [4.69, 9.17) is 4.74 Å². The number of nitrogens with one attached hydrogen (secondary N) is 3. The summed E-state index contributed by atoms with van der Waals surface area (Å²) < 4.78 is 30.4. The van der Waals surface area contributed by atoms with Gasteiger partial charge in [-0.2, -0.15) is 0 Å². The van der Waals surface area contributed by atoms with Crippen molar-refractivity contribution in [3.63, 3.8) is 0 Å². The highest BCUT2D eigenvalue weighted by atomic mass is 32.2. The van der Waals surface area contributed by atoms with Crippen molar-refractivity contribution in [1.82, 2.24) is 15.4 Å². The largest absolute Gasteiger partial charge is 0.377 e. The van der Waals surface area contributed by atoms with Crippen LogP contribution in [0, 0.1) is 0 Å². The molecular weight excluding hydrogens is 292 g/mol. The Morgan fingerprint density at radius 3 is 2.38 bits per heavy atom. The fourth-order valence-corrected chi connectivity index (χ4v) is 1.96. The van der Waals surface area contributed by atoms with E-state index in [1.54, 1.807) is 14.0 Å². The first-order valence-electron chi connectivity index (χ1n) is 7.31. The van der Waals surface area contributed by atoms with Gasteiger partial charge in [-0.05, 0) is 34.1 Å². The zero-order valence-corrected chi connectivity index (χ0v) is 14.6. The smallest absolute Gasteiger partial charge is 0.211 e. The molecule has 7 nitrogen and oxygen atoms in total. The highest BCUT2D eigenvalue weighted by molar-refractivity contribution is 7.89. The second-order valence-corrected chi connectivity index (χ2v) is 7.33. The van der Waals surface area contributed by atoms with Gasteiger partial charge in [0.15, 0.2) is 5.96 Å².